The van der Waals surface area contributed by atoms with Gasteiger partial charge in [0.25, 0.3) is 0 Å². The average Bonchev–Trinajstić information content (AvgIpc) is 3.63. The molecule has 2 aromatic carbocycles. The van der Waals surface area contributed by atoms with E-state index in [0.717, 1.165) is 25.2 Å². The van der Waals surface area contributed by atoms with Crippen LogP contribution in [0.15, 0.2) is 53.7 Å². The Labute approximate surface area is 286 Å². The summed E-state index contributed by atoms with van der Waals surface area (Å²) in [7, 11) is -2.40. The SMILES string of the molecule is CN1C(=O)Cc2cc(S(=O)(=O)C3CCC[C@H]3C(=O)O[C@@H](Cc3c(Cl)c[n+]([O-])cc3Cl)c3ccc(OC(F)F)c(OCC4CC4)c3)ccc21. The Morgan fingerprint density at radius 3 is 2.48 bits per heavy atom. The van der Waals surface area contributed by atoms with Gasteiger partial charge in [0, 0.05) is 24.7 Å². The molecule has 1 amide bonds. The first kappa shape index (κ1) is 34.2. The van der Waals surface area contributed by atoms with E-state index in [1.807, 2.05) is 0 Å². The lowest BCUT2D eigenvalue weighted by Crippen LogP contribution is -2.33. The van der Waals surface area contributed by atoms with Crippen LogP contribution in [-0.4, -0.2) is 45.8 Å². The summed E-state index contributed by atoms with van der Waals surface area (Å²) in [6, 6.07) is 8.67. The van der Waals surface area contributed by atoms with Crippen molar-refractivity contribution in [3.8, 4) is 11.5 Å². The van der Waals surface area contributed by atoms with E-state index in [4.69, 9.17) is 32.7 Å². The molecule has 2 aliphatic carbocycles. The molecule has 2 saturated carbocycles. The number of fused-ring (bicyclic) bond motifs is 1. The summed E-state index contributed by atoms with van der Waals surface area (Å²) in [4.78, 5) is 27.6. The van der Waals surface area contributed by atoms with E-state index < -0.39 is 39.7 Å². The van der Waals surface area contributed by atoms with Crippen molar-refractivity contribution in [2.45, 2.75) is 67.8 Å². The molecule has 3 aromatic rings. The number of pyridine rings is 1. The van der Waals surface area contributed by atoms with E-state index in [-0.39, 0.29) is 76.1 Å². The number of anilines is 1. The lowest BCUT2D eigenvalue weighted by molar-refractivity contribution is -0.605. The van der Waals surface area contributed by atoms with Crippen molar-refractivity contribution in [3.05, 3.63) is 80.7 Å². The second kappa shape index (κ2) is 13.7. The molecule has 1 aromatic heterocycles. The van der Waals surface area contributed by atoms with Crippen molar-refractivity contribution in [1.29, 1.82) is 0 Å². The number of carbonyl (C=O) groups excluding carboxylic acids is 2. The van der Waals surface area contributed by atoms with Gasteiger partial charge in [0.2, 0.25) is 5.91 Å². The average molecular weight is 726 g/mol. The molecule has 0 saturated heterocycles. The van der Waals surface area contributed by atoms with Crippen LogP contribution in [-0.2, 0) is 37.0 Å². The number of carbonyl (C=O) groups is 2. The van der Waals surface area contributed by atoms with Gasteiger partial charge in [-0.25, -0.2) is 8.42 Å². The molecule has 0 bridgehead atoms. The fourth-order valence-electron chi connectivity index (χ4n) is 6.25. The Bertz CT molecular complexity index is 1830. The number of likely N-dealkylation sites (N-methyl/N-ethyl adjacent to an activating group) is 1. The second-order valence-electron chi connectivity index (χ2n) is 12.3. The molecule has 10 nitrogen and oxygen atoms in total. The number of benzene rings is 2. The minimum atomic E-state index is -4.02. The number of nitrogens with zero attached hydrogens (tertiary/aromatic N) is 2. The first-order valence-corrected chi connectivity index (χ1v) is 17.7. The van der Waals surface area contributed by atoms with Gasteiger partial charge in [0.1, 0.15) is 16.1 Å². The van der Waals surface area contributed by atoms with Gasteiger partial charge < -0.3 is 24.3 Å². The van der Waals surface area contributed by atoms with Gasteiger partial charge in [-0.05, 0) is 73.1 Å². The van der Waals surface area contributed by atoms with Gasteiger partial charge in [-0.1, -0.05) is 35.7 Å². The summed E-state index contributed by atoms with van der Waals surface area (Å²) in [5.41, 5.74) is 1.84. The lowest BCUT2D eigenvalue weighted by atomic mass is 10.0. The molecule has 0 spiro atoms. The Hall–Kier alpha value is -3.68. The molecule has 1 unspecified atom stereocenters. The zero-order valence-corrected chi connectivity index (χ0v) is 28.1. The molecule has 2 heterocycles. The minimum Gasteiger partial charge on any atom is -0.619 e. The van der Waals surface area contributed by atoms with Gasteiger partial charge >= 0.3 is 12.6 Å². The number of alkyl halides is 2. The first-order valence-electron chi connectivity index (χ1n) is 15.4. The van der Waals surface area contributed by atoms with E-state index in [0.29, 0.717) is 28.0 Å². The number of ether oxygens (including phenoxy) is 3. The Morgan fingerprint density at radius 1 is 1.06 bits per heavy atom. The topological polar surface area (TPSA) is 126 Å². The van der Waals surface area contributed by atoms with Crippen LogP contribution in [0.1, 0.15) is 54.9 Å². The fourth-order valence-corrected chi connectivity index (χ4v) is 8.92. The van der Waals surface area contributed by atoms with Crippen LogP contribution in [0, 0.1) is 17.0 Å². The van der Waals surface area contributed by atoms with E-state index in [2.05, 4.69) is 4.74 Å². The summed E-state index contributed by atoms with van der Waals surface area (Å²) in [5, 5.41) is 10.8. The monoisotopic (exact) mass is 724 g/mol. The smallest absolute Gasteiger partial charge is 0.387 e. The van der Waals surface area contributed by atoms with Crippen molar-refractivity contribution < 1.29 is 45.7 Å². The first-order chi connectivity index (χ1) is 22.8. The Balaban J connectivity index is 1.31. The van der Waals surface area contributed by atoms with Crippen molar-refractivity contribution in [1.82, 2.24) is 0 Å². The predicted octanol–water partition coefficient (Wildman–Crippen LogP) is 6.01. The van der Waals surface area contributed by atoms with Crippen LogP contribution in [0.25, 0.3) is 0 Å². The van der Waals surface area contributed by atoms with Gasteiger partial charge in [-0.3, -0.25) is 9.59 Å². The maximum Gasteiger partial charge on any atom is 0.387 e. The van der Waals surface area contributed by atoms with Crippen LogP contribution >= 0.6 is 23.2 Å². The number of esters is 1. The lowest BCUT2D eigenvalue weighted by Gasteiger charge is -2.25. The largest absolute Gasteiger partial charge is 0.619 e. The van der Waals surface area contributed by atoms with Gasteiger partial charge in [0.05, 0.1) is 29.1 Å². The molecule has 2 fully saturated rings. The predicted molar refractivity (Wildman–Crippen MR) is 171 cm³/mol. The third-order valence-corrected chi connectivity index (χ3v) is 12.0. The van der Waals surface area contributed by atoms with Crippen molar-refractivity contribution in [2.75, 3.05) is 18.6 Å². The molecular weight excluding hydrogens is 693 g/mol. The minimum absolute atomic E-state index is 0.00321. The number of halogens is 4. The highest BCUT2D eigenvalue weighted by molar-refractivity contribution is 7.92. The molecule has 15 heteroatoms. The van der Waals surface area contributed by atoms with E-state index >= 15 is 0 Å². The number of rotatable bonds is 12. The van der Waals surface area contributed by atoms with Crippen LogP contribution in [0.2, 0.25) is 10.0 Å². The molecule has 6 rings (SSSR count). The quantitative estimate of drug-likeness (QED) is 0.126. The third kappa shape index (κ3) is 7.18. The highest BCUT2D eigenvalue weighted by Gasteiger charge is 2.44. The molecular formula is C33H32Cl2F2N2O8S. The number of amides is 1. The summed E-state index contributed by atoms with van der Waals surface area (Å²) in [6.45, 7) is -2.83. The number of hydrogen-bond donors (Lipinski definition) is 0. The highest BCUT2D eigenvalue weighted by Crippen LogP contribution is 2.41. The number of aromatic nitrogens is 1. The number of hydrogen-bond acceptors (Lipinski definition) is 8. The number of sulfone groups is 1. The van der Waals surface area contributed by atoms with Crippen LogP contribution in [0.3, 0.4) is 0 Å². The standard InChI is InChI=1S/C33H32Cl2F2N2O8S/c1-38-26-9-8-21(11-20(26)13-31(38)40)48(43,44)30-4-2-3-22(30)32(41)46-28(14-23-24(34)15-39(42)16-25(23)35)19-7-10-27(47-33(36)37)29(12-19)45-17-18-5-6-18/h7-12,15-16,18,22,28,30,33H,2-6,13-14,17H2,1H3/t22-,28+,30?/m1/s1. The molecule has 0 radical (unpaired) electrons. The Kier molecular flexibility index (Phi) is 9.74. The van der Waals surface area contributed by atoms with Crippen molar-refractivity contribution in [2.24, 2.45) is 11.8 Å². The normalized spacial score (nSPS) is 19.8. The van der Waals surface area contributed by atoms with E-state index in [9.17, 15) is 32.0 Å². The molecule has 0 N–H and O–H groups in total. The maximum absolute atomic E-state index is 13.9. The van der Waals surface area contributed by atoms with E-state index in [1.54, 1.807) is 13.1 Å². The van der Waals surface area contributed by atoms with Gasteiger partial charge in [-0.2, -0.15) is 13.5 Å². The maximum atomic E-state index is 13.9. The van der Waals surface area contributed by atoms with Crippen LogP contribution in [0.4, 0.5) is 14.5 Å². The summed E-state index contributed by atoms with van der Waals surface area (Å²) in [5.74, 6) is -1.84. The molecule has 3 atom stereocenters. The van der Waals surface area contributed by atoms with Crippen LogP contribution in [0.5, 0.6) is 11.5 Å². The zero-order valence-electron chi connectivity index (χ0n) is 25.7. The zero-order chi connectivity index (χ0) is 34.3. The molecule has 3 aliphatic rings. The molecule has 256 valence electrons. The van der Waals surface area contributed by atoms with Gasteiger partial charge in [-0.15, -0.1) is 0 Å². The second-order valence-corrected chi connectivity index (χ2v) is 15.3. The van der Waals surface area contributed by atoms with Gasteiger partial charge in [0.15, 0.2) is 33.7 Å². The summed E-state index contributed by atoms with van der Waals surface area (Å²) < 4.78 is 71.2. The Morgan fingerprint density at radius 2 is 1.79 bits per heavy atom. The third-order valence-electron chi connectivity index (χ3n) is 9.04. The summed E-state index contributed by atoms with van der Waals surface area (Å²) >= 11 is 12.7. The fraction of sp³-hybridized carbons (Fsp3) is 0.424. The summed E-state index contributed by atoms with van der Waals surface area (Å²) in [6.07, 6.45) is 3.82. The van der Waals surface area contributed by atoms with E-state index in [1.165, 1.54) is 35.2 Å². The molecule has 1 aliphatic heterocycles. The van der Waals surface area contributed by atoms with Crippen molar-refractivity contribution in [3.63, 3.8) is 0 Å². The highest BCUT2D eigenvalue weighted by atomic mass is 35.5. The van der Waals surface area contributed by atoms with Crippen LogP contribution < -0.4 is 19.1 Å². The van der Waals surface area contributed by atoms with Crippen molar-refractivity contribution >= 4 is 50.6 Å². The molecule has 48 heavy (non-hydrogen) atoms.